The van der Waals surface area contributed by atoms with E-state index >= 15 is 0 Å². The van der Waals surface area contributed by atoms with Gasteiger partial charge in [0.2, 0.25) is 0 Å². The largest absolute Gasteiger partial charge is 0.466 e. The molecule has 0 bridgehead atoms. The van der Waals surface area contributed by atoms with E-state index in [0.29, 0.717) is 5.92 Å². The van der Waals surface area contributed by atoms with Gasteiger partial charge in [-0.3, -0.25) is 0 Å². The van der Waals surface area contributed by atoms with Gasteiger partial charge in [-0.1, -0.05) is 19.1 Å². The quantitative estimate of drug-likeness (QED) is 0.640. The van der Waals surface area contributed by atoms with E-state index in [2.05, 4.69) is 31.2 Å². The van der Waals surface area contributed by atoms with Crippen molar-refractivity contribution in [3.05, 3.63) is 35.8 Å². The maximum atomic E-state index is 5.87. The minimum atomic E-state index is 0.693. The molecular weight excluding hydrogens is 172 g/mol. The third-order valence-electron chi connectivity index (χ3n) is 2.79. The fourth-order valence-corrected chi connectivity index (χ4v) is 2.00. The second-order valence-electron chi connectivity index (χ2n) is 4.20. The molecule has 14 heavy (non-hydrogen) atoms. The van der Waals surface area contributed by atoms with Gasteiger partial charge in [-0.15, -0.1) is 0 Å². The average Bonchev–Trinajstić information content (AvgIpc) is 2.19. The van der Waals surface area contributed by atoms with Crippen molar-refractivity contribution >= 4 is 0 Å². The zero-order valence-corrected chi connectivity index (χ0v) is 8.83. The van der Waals surface area contributed by atoms with Crippen molar-refractivity contribution in [1.82, 2.24) is 0 Å². The van der Waals surface area contributed by atoms with E-state index < -0.39 is 0 Å². The lowest BCUT2D eigenvalue weighted by Gasteiger charge is -2.20. The number of rotatable bonds is 2. The number of allylic oxidation sites excluding steroid dienone is 6. The van der Waals surface area contributed by atoms with Gasteiger partial charge >= 0.3 is 0 Å². The van der Waals surface area contributed by atoms with E-state index in [1.54, 1.807) is 0 Å². The van der Waals surface area contributed by atoms with Crippen LogP contribution in [0.4, 0.5) is 0 Å². The smallest absolute Gasteiger partial charge is 0.104 e. The Morgan fingerprint density at radius 1 is 1.29 bits per heavy atom. The van der Waals surface area contributed by atoms with Gasteiger partial charge in [0.1, 0.15) is 5.76 Å². The first-order valence-corrected chi connectivity index (χ1v) is 5.59. The number of hydrogen-bond donors (Lipinski definition) is 0. The normalized spacial score (nSPS) is 26.8. The van der Waals surface area contributed by atoms with Gasteiger partial charge < -0.3 is 4.74 Å². The van der Waals surface area contributed by atoms with Crippen LogP contribution in [0.5, 0.6) is 0 Å². The molecule has 76 valence electrons. The molecule has 0 radical (unpaired) electrons. The zero-order valence-electron chi connectivity index (χ0n) is 8.83. The lowest BCUT2D eigenvalue weighted by atomic mass is 9.96. The topological polar surface area (TPSA) is 9.23 Å². The molecule has 1 heteroatoms. The molecule has 1 nitrogen and oxygen atoms in total. The molecule has 0 heterocycles. The minimum absolute atomic E-state index is 0.693. The molecule has 0 N–H and O–H groups in total. The molecule has 0 saturated carbocycles. The van der Waals surface area contributed by atoms with E-state index in [0.717, 1.165) is 25.0 Å². The molecule has 1 unspecified atom stereocenters. The van der Waals surface area contributed by atoms with Crippen LogP contribution in [0.15, 0.2) is 35.8 Å². The van der Waals surface area contributed by atoms with Crippen LogP contribution in [0.3, 0.4) is 0 Å². The molecule has 2 rings (SSSR count). The summed E-state index contributed by atoms with van der Waals surface area (Å²) in [6.07, 6.45) is 14.5. The van der Waals surface area contributed by atoms with Crippen LogP contribution in [0, 0.1) is 5.92 Å². The Morgan fingerprint density at radius 3 is 2.93 bits per heavy atom. The molecule has 0 aromatic carbocycles. The van der Waals surface area contributed by atoms with Crippen molar-refractivity contribution in [3.63, 3.8) is 0 Å². The van der Waals surface area contributed by atoms with Crippen molar-refractivity contribution in [2.24, 2.45) is 5.92 Å². The summed E-state index contributed by atoms with van der Waals surface area (Å²) < 4.78 is 5.87. The summed E-state index contributed by atoms with van der Waals surface area (Å²) in [5.74, 6) is 3.01. The summed E-state index contributed by atoms with van der Waals surface area (Å²) in [5.41, 5.74) is 0. The highest BCUT2D eigenvalue weighted by atomic mass is 16.5. The fourth-order valence-electron chi connectivity index (χ4n) is 2.00. The van der Waals surface area contributed by atoms with Crippen LogP contribution in [-0.4, -0.2) is 0 Å². The van der Waals surface area contributed by atoms with E-state index in [1.807, 2.05) is 0 Å². The second kappa shape index (κ2) is 4.50. The van der Waals surface area contributed by atoms with Gasteiger partial charge in [0.05, 0.1) is 5.76 Å². The van der Waals surface area contributed by atoms with Crippen molar-refractivity contribution in [2.75, 3.05) is 0 Å². The molecule has 0 saturated heterocycles. The molecule has 2 aliphatic carbocycles. The highest BCUT2D eigenvalue weighted by molar-refractivity contribution is 5.15. The maximum Gasteiger partial charge on any atom is 0.104 e. The van der Waals surface area contributed by atoms with Crippen molar-refractivity contribution in [1.29, 1.82) is 0 Å². The highest BCUT2D eigenvalue weighted by Crippen LogP contribution is 2.26. The Kier molecular flexibility index (Phi) is 3.07. The van der Waals surface area contributed by atoms with Crippen LogP contribution in [0.25, 0.3) is 0 Å². The Labute approximate surface area is 86.2 Å². The molecule has 0 aromatic rings. The van der Waals surface area contributed by atoms with Gasteiger partial charge in [-0.2, -0.15) is 0 Å². The van der Waals surface area contributed by atoms with E-state index in [4.69, 9.17) is 4.74 Å². The number of ether oxygens (including phenoxy) is 1. The summed E-state index contributed by atoms with van der Waals surface area (Å²) in [6, 6.07) is 0. The van der Waals surface area contributed by atoms with Gasteiger partial charge in [-0.05, 0) is 37.3 Å². The van der Waals surface area contributed by atoms with Crippen molar-refractivity contribution in [3.8, 4) is 0 Å². The molecule has 0 amide bonds. The van der Waals surface area contributed by atoms with Crippen molar-refractivity contribution < 1.29 is 4.74 Å². The Morgan fingerprint density at radius 2 is 2.21 bits per heavy atom. The molecule has 0 spiro atoms. The van der Waals surface area contributed by atoms with Crippen LogP contribution >= 0.6 is 0 Å². The van der Waals surface area contributed by atoms with Crippen LogP contribution in [0.1, 0.15) is 39.0 Å². The van der Waals surface area contributed by atoms with Gasteiger partial charge in [0.25, 0.3) is 0 Å². The molecular formula is C13H18O. The summed E-state index contributed by atoms with van der Waals surface area (Å²) in [5, 5.41) is 0. The van der Waals surface area contributed by atoms with Gasteiger partial charge in [0.15, 0.2) is 0 Å². The predicted octanol–water partition coefficient (Wildman–Crippen LogP) is 3.94. The average molecular weight is 190 g/mol. The third kappa shape index (κ3) is 2.50. The summed E-state index contributed by atoms with van der Waals surface area (Å²) in [4.78, 5) is 0. The summed E-state index contributed by atoms with van der Waals surface area (Å²) >= 11 is 0. The predicted molar refractivity (Wildman–Crippen MR) is 58.6 cm³/mol. The standard InChI is InChI=1S/C13H18O/c1-11-6-5-9-13(10-11)14-12-7-3-2-4-8-12/h2-3,7,10-11H,4-6,8-9H2,1H3. The lowest BCUT2D eigenvalue weighted by Crippen LogP contribution is -2.04. The number of hydrogen-bond acceptors (Lipinski definition) is 1. The first kappa shape index (κ1) is 9.57. The Hall–Kier alpha value is -0.980. The van der Waals surface area contributed by atoms with Gasteiger partial charge in [-0.25, -0.2) is 0 Å². The van der Waals surface area contributed by atoms with Crippen LogP contribution in [-0.2, 0) is 4.74 Å². The highest BCUT2D eigenvalue weighted by Gasteiger charge is 2.12. The van der Waals surface area contributed by atoms with Crippen LogP contribution < -0.4 is 0 Å². The molecule has 0 aromatic heterocycles. The van der Waals surface area contributed by atoms with Gasteiger partial charge in [0, 0.05) is 12.8 Å². The first-order chi connectivity index (χ1) is 6.84. The molecule has 1 atom stereocenters. The van der Waals surface area contributed by atoms with E-state index in [9.17, 15) is 0 Å². The first-order valence-electron chi connectivity index (χ1n) is 5.59. The Bertz CT molecular complexity index is 284. The maximum absolute atomic E-state index is 5.87. The van der Waals surface area contributed by atoms with E-state index in [-0.39, 0.29) is 0 Å². The van der Waals surface area contributed by atoms with Crippen LogP contribution in [0.2, 0.25) is 0 Å². The summed E-state index contributed by atoms with van der Waals surface area (Å²) in [6.45, 7) is 2.26. The third-order valence-corrected chi connectivity index (χ3v) is 2.79. The second-order valence-corrected chi connectivity index (χ2v) is 4.20. The Balaban J connectivity index is 1.96. The minimum Gasteiger partial charge on any atom is -0.466 e. The molecule has 0 aliphatic heterocycles. The SMILES string of the molecule is CC1C=C(OC2=CC=CCC2)CCC1. The lowest BCUT2D eigenvalue weighted by molar-refractivity contribution is 0.259. The monoisotopic (exact) mass is 190 g/mol. The molecule has 2 aliphatic rings. The summed E-state index contributed by atoms with van der Waals surface area (Å²) in [7, 11) is 0. The molecule has 0 fully saturated rings. The fraction of sp³-hybridized carbons (Fsp3) is 0.538. The van der Waals surface area contributed by atoms with E-state index in [1.165, 1.54) is 18.6 Å². The zero-order chi connectivity index (χ0) is 9.80. The van der Waals surface area contributed by atoms with Crippen molar-refractivity contribution in [2.45, 2.75) is 39.0 Å².